The number of fused-ring (bicyclic) bond motifs is 1. The molecule has 0 atom stereocenters. The molecule has 0 radical (unpaired) electrons. The van der Waals surface area contributed by atoms with Gasteiger partial charge in [-0.05, 0) is 55.0 Å². The van der Waals surface area contributed by atoms with Crippen molar-refractivity contribution in [3.05, 3.63) is 78.1 Å². The number of para-hydroxylation sites is 1. The van der Waals surface area contributed by atoms with Crippen LogP contribution in [0, 0.1) is 12.7 Å². The molecule has 0 fully saturated rings. The van der Waals surface area contributed by atoms with Crippen LogP contribution in [0.25, 0.3) is 10.2 Å². The number of rotatable bonds is 6. The molecule has 6 nitrogen and oxygen atoms in total. The van der Waals surface area contributed by atoms with Crippen LogP contribution >= 0.6 is 23.1 Å². The van der Waals surface area contributed by atoms with Gasteiger partial charge in [0, 0.05) is 11.4 Å². The zero-order chi connectivity index (χ0) is 22.5. The highest BCUT2D eigenvalue weighted by Crippen LogP contribution is 2.31. The molecule has 0 bridgehead atoms. The fraction of sp³-hybridized carbons (Fsp3) is 0.0870. The van der Waals surface area contributed by atoms with Gasteiger partial charge >= 0.3 is 6.03 Å². The van der Waals surface area contributed by atoms with Gasteiger partial charge in [-0.25, -0.2) is 14.2 Å². The molecule has 9 heteroatoms. The Labute approximate surface area is 192 Å². The van der Waals surface area contributed by atoms with Gasteiger partial charge < -0.3 is 16.0 Å². The van der Waals surface area contributed by atoms with Crippen molar-refractivity contribution in [2.75, 3.05) is 21.7 Å². The lowest BCUT2D eigenvalue weighted by molar-refractivity contribution is -0.113. The van der Waals surface area contributed by atoms with Gasteiger partial charge in [0.2, 0.25) is 5.91 Å². The normalized spacial score (nSPS) is 10.7. The quantitative estimate of drug-likeness (QED) is 0.299. The van der Waals surface area contributed by atoms with Crippen LogP contribution in [0.1, 0.15) is 5.56 Å². The highest BCUT2D eigenvalue weighted by molar-refractivity contribution is 8.01. The van der Waals surface area contributed by atoms with Crippen molar-refractivity contribution in [1.29, 1.82) is 0 Å². The summed E-state index contributed by atoms with van der Waals surface area (Å²) in [4.78, 5) is 28.9. The zero-order valence-electron chi connectivity index (χ0n) is 17.0. The Bertz CT molecular complexity index is 1290. The third-order valence-electron chi connectivity index (χ3n) is 4.38. The van der Waals surface area contributed by atoms with Gasteiger partial charge in [-0.2, -0.15) is 0 Å². The summed E-state index contributed by atoms with van der Waals surface area (Å²) in [7, 11) is 0. The molecule has 32 heavy (non-hydrogen) atoms. The van der Waals surface area contributed by atoms with Crippen molar-refractivity contribution in [1.82, 2.24) is 4.98 Å². The van der Waals surface area contributed by atoms with E-state index in [1.165, 1.54) is 35.2 Å². The minimum Gasteiger partial charge on any atom is -0.325 e. The SMILES string of the molecule is Cc1cccc(NC(=O)CSc2nc3ccc(NC(=O)Nc4ccccc4F)cc3s2)c1. The third-order valence-corrected chi connectivity index (χ3v) is 6.54. The molecular formula is C23H19FN4O2S2. The van der Waals surface area contributed by atoms with Crippen LogP contribution < -0.4 is 16.0 Å². The molecule has 0 saturated heterocycles. The summed E-state index contributed by atoms with van der Waals surface area (Å²) in [6.45, 7) is 1.97. The number of nitrogens with zero attached hydrogens (tertiary/aromatic N) is 1. The molecule has 3 N–H and O–H groups in total. The number of thioether (sulfide) groups is 1. The first-order valence-corrected chi connectivity index (χ1v) is 11.5. The number of nitrogens with one attached hydrogen (secondary N) is 3. The highest BCUT2D eigenvalue weighted by atomic mass is 32.2. The maximum absolute atomic E-state index is 13.7. The van der Waals surface area contributed by atoms with Gasteiger partial charge in [-0.3, -0.25) is 4.79 Å². The van der Waals surface area contributed by atoms with Gasteiger partial charge in [0.25, 0.3) is 0 Å². The van der Waals surface area contributed by atoms with E-state index in [2.05, 4.69) is 20.9 Å². The molecule has 0 spiro atoms. The number of carbonyl (C=O) groups excluding carboxylic acids is 2. The van der Waals surface area contributed by atoms with Crippen LogP contribution in [0.3, 0.4) is 0 Å². The maximum Gasteiger partial charge on any atom is 0.323 e. The van der Waals surface area contributed by atoms with Crippen molar-refractivity contribution < 1.29 is 14.0 Å². The molecule has 1 heterocycles. The van der Waals surface area contributed by atoms with E-state index in [0.29, 0.717) is 5.69 Å². The van der Waals surface area contributed by atoms with E-state index in [1.807, 2.05) is 31.2 Å². The summed E-state index contributed by atoms with van der Waals surface area (Å²) >= 11 is 2.79. The largest absolute Gasteiger partial charge is 0.325 e. The van der Waals surface area contributed by atoms with Crippen molar-refractivity contribution >= 4 is 62.3 Å². The van der Waals surface area contributed by atoms with Crippen molar-refractivity contribution in [2.45, 2.75) is 11.3 Å². The highest BCUT2D eigenvalue weighted by Gasteiger charge is 2.11. The lowest BCUT2D eigenvalue weighted by atomic mass is 10.2. The first kappa shape index (κ1) is 21.8. The second kappa shape index (κ2) is 9.80. The van der Waals surface area contributed by atoms with Crippen LogP contribution in [0.2, 0.25) is 0 Å². The summed E-state index contributed by atoms with van der Waals surface area (Å²) in [6, 6.07) is 18.4. The minimum absolute atomic E-state index is 0.103. The van der Waals surface area contributed by atoms with E-state index in [9.17, 15) is 14.0 Å². The molecule has 1 aromatic heterocycles. The molecular weight excluding hydrogens is 447 g/mol. The number of benzene rings is 3. The fourth-order valence-electron chi connectivity index (χ4n) is 2.94. The van der Waals surface area contributed by atoms with E-state index in [1.54, 1.807) is 30.3 Å². The van der Waals surface area contributed by atoms with E-state index in [4.69, 9.17) is 0 Å². The monoisotopic (exact) mass is 466 g/mol. The van der Waals surface area contributed by atoms with E-state index >= 15 is 0 Å². The molecule has 3 amide bonds. The number of aryl methyl sites for hydroxylation is 1. The smallest absolute Gasteiger partial charge is 0.323 e. The van der Waals surface area contributed by atoms with Crippen LogP contribution in [0.5, 0.6) is 0 Å². The molecule has 0 unspecified atom stereocenters. The van der Waals surface area contributed by atoms with Crippen LogP contribution in [0.15, 0.2) is 71.1 Å². The summed E-state index contributed by atoms with van der Waals surface area (Å²) < 4.78 is 15.3. The average molecular weight is 467 g/mol. The molecule has 3 aromatic carbocycles. The molecule has 0 aliphatic heterocycles. The third kappa shape index (κ3) is 5.63. The Hall–Kier alpha value is -3.43. The Kier molecular flexibility index (Phi) is 6.67. The Morgan fingerprint density at radius 1 is 0.969 bits per heavy atom. The van der Waals surface area contributed by atoms with E-state index < -0.39 is 11.8 Å². The minimum atomic E-state index is -0.540. The molecule has 162 valence electrons. The van der Waals surface area contributed by atoms with Crippen LogP contribution in [-0.2, 0) is 4.79 Å². The number of hydrogen-bond donors (Lipinski definition) is 3. The van der Waals surface area contributed by atoms with Crippen LogP contribution in [0.4, 0.5) is 26.2 Å². The Morgan fingerprint density at radius 2 is 1.78 bits per heavy atom. The number of amides is 3. The molecule has 0 aliphatic rings. The number of anilines is 3. The van der Waals surface area contributed by atoms with Gasteiger partial charge in [0.15, 0.2) is 4.34 Å². The van der Waals surface area contributed by atoms with Gasteiger partial charge in [0.05, 0.1) is 21.7 Å². The number of carbonyl (C=O) groups is 2. The molecule has 0 aliphatic carbocycles. The lowest BCUT2D eigenvalue weighted by Crippen LogP contribution is -2.19. The first-order chi connectivity index (χ1) is 15.5. The van der Waals surface area contributed by atoms with Gasteiger partial charge in [-0.15, -0.1) is 11.3 Å². The van der Waals surface area contributed by atoms with Crippen molar-refractivity contribution in [2.24, 2.45) is 0 Å². The van der Waals surface area contributed by atoms with Gasteiger partial charge in [0.1, 0.15) is 5.82 Å². The first-order valence-electron chi connectivity index (χ1n) is 9.69. The van der Waals surface area contributed by atoms with Crippen molar-refractivity contribution in [3.63, 3.8) is 0 Å². The second-order valence-electron chi connectivity index (χ2n) is 6.93. The Morgan fingerprint density at radius 3 is 2.59 bits per heavy atom. The second-order valence-corrected chi connectivity index (χ2v) is 9.18. The summed E-state index contributed by atoms with van der Waals surface area (Å²) in [5.74, 6) is -0.370. The average Bonchev–Trinajstić information content (AvgIpc) is 3.16. The summed E-state index contributed by atoms with van der Waals surface area (Å²) in [5.41, 5.74) is 3.28. The van der Waals surface area contributed by atoms with Crippen molar-refractivity contribution in [3.8, 4) is 0 Å². The number of hydrogen-bond acceptors (Lipinski definition) is 5. The van der Waals surface area contributed by atoms with Gasteiger partial charge in [-0.1, -0.05) is 36.0 Å². The topological polar surface area (TPSA) is 83.1 Å². The molecule has 0 saturated carbocycles. The summed E-state index contributed by atoms with van der Waals surface area (Å²) in [5, 5.41) is 8.05. The van der Waals surface area contributed by atoms with E-state index in [-0.39, 0.29) is 17.3 Å². The van der Waals surface area contributed by atoms with Crippen LogP contribution in [-0.4, -0.2) is 22.7 Å². The lowest BCUT2D eigenvalue weighted by Gasteiger charge is -2.08. The fourth-order valence-corrected chi connectivity index (χ4v) is 4.85. The Balaban J connectivity index is 1.35. The zero-order valence-corrected chi connectivity index (χ0v) is 18.6. The number of halogens is 1. The number of urea groups is 1. The predicted molar refractivity (Wildman–Crippen MR) is 129 cm³/mol. The standard InChI is InChI=1S/C23H19FN4O2S2/c1-14-5-4-6-15(11-14)25-21(29)13-31-23-28-19-10-9-16(12-20(19)32-23)26-22(30)27-18-8-3-2-7-17(18)24/h2-12H,13H2,1H3,(H,25,29)(H2,26,27,30). The predicted octanol–water partition coefficient (Wildman–Crippen LogP) is 6.12. The maximum atomic E-state index is 13.7. The van der Waals surface area contributed by atoms with E-state index in [0.717, 1.165) is 25.8 Å². The number of aromatic nitrogens is 1. The molecule has 4 aromatic rings. The molecule has 4 rings (SSSR count). The summed E-state index contributed by atoms with van der Waals surface area (Å²) in [6.07, 6.45) is 0. The number of thiazole rings is 1.